The molecule has 7 nitrogen and oxygen atoms in total. The summed E-state index contributed by atoms with van der Waals surface area (Å²) < 4.78 is 7.38. The highest BCUT2D eigenvalue weighted by atomic mass is 35.5. The van der Waals surface area contributed by atoms with Gasteiger partial charge in [0.2, 0.25) is 0 Å². The fourth-order valence-electron chi connectivity index (χ4n) is 3.65. The zero-order valence-electron chi connectivity index (χ0n) is 20.0. The number of nitrogens with one attached hydrogen (secondary N) is 2. The topological polar surface area (TPSA) is 84.3 Å². The molecule has 0 atom stereocenters. The fraction of sp³-hybridized carbons (Fsp3) is 0.346. The molecule has 2 aromatic carbocycles. The first-order valence-electron chi connectivity index (χ1n) is 11.4. The molecule has 0 spiro atoms. The number of anilines is 1. The van der Waals surface area contributed by atoms with Crippen molar-refractivity contribution < 1.29 is 4.74 Å². The number of aromatic nitrogens is 4. The first-order chi connectivity index (χ1) is 16.2. The minimum Gasteiger partial charge on any atom is -0.494 e. The predicted molar refractivity (Wildman–Crippen MR) is 137 cm³/mol. The van der Waals surface area contributed by atoms with Gasteiger partial charge in [-0.15, -0.1) is 0 Å². The van der Waals surface area contributed by atoms with Crippen LogP contribution in [0.2, 0.25) is 5.02 Å². The molecule has 0 fully saturated rings. The number of H-pyrrole nitrogens is 1. The van der Waals surface area contributed by atoms with Crippen molar-refractivity contribution in [3.63, 3.8) is 0 Å². The van der Waals surface area contributed by atoms with Crippen LogP contribution in [0.5, 0.6) is 5.75 Å². The lowest BCUT2D eigenvalue weighted by Gasteiger charge is -2.22. The van der Waals surface area contributed by atoms with Crippen molar-refractivity contribution in [2.75, 3.05) is 18.5 Å². The van der Waals surface area contributed by atoms with Crippen LogP contribution in [0.15, 0.2) is 53.6 Å². The standard InChI is InChI=1S/C26H30ClN5O2/c1-17-13-19(8-10-21(17)27)34-12-6-5-11-28-22-14-18(26(2,3)4)7-9-20(22)25-29-16-32-23(30-25)15-24(33)31-32/h7-10,13-16,28H,5-6,11-12H2,1-4H3,(H,31,33). The SMILES string of the molecule is Cc1cc(OCCCCNc2cc(C(C)(C)C)ccc2-c2ncn3[nH]c(=O)cc3n2)ccc1Cl. The summed E-state index contributed by atoms with van der Waals surface area (Å²) in [5, 5.41) is 6.96. The van der Waals surface area contributed by atoms with Gasteiger partial charge in [0.15, 0.2) is 11.5 Å². The van der Waals surface area contributed by atoms with Crippen LogP contribution in [0.3, 0.4) is 0 Å². The molecular formula is C26H30ClN5O2. The molecule has 0 aliphatic heterocycles. The van der Waals surface area contributed by atoms with Crippen LogP contribution in [-0.4, -0.2) is 32.7 Å². The van der Waals surface area contributed by atoms with Crippen molar-refractivity contribution in [2.45, 2.75) is 46.0 Å². The number of halogens is 1. The van der Waals surface area contributed by atoms with Crippen LogP contribution < -0.4 is 15.6 Å². The number of rotatable bonds is 8. The molecule has 0 saturated heterocycles. The molecule has 0 radical (unpaired) electrons. The Balaban J connectivity index is 1.44. The molecule has 0 unspecified atom stereocenters. The lowest BCUT2D eigenvalue weighted by molar-refractivity contribution is 0.308. The summed E-state index contributed by atoms with van der Waals surface area (Å²) in [7, 11) is 0. The van der Waals surface area contributed by atoms with Gasteiger partial charge in [-0.3, -0.25) is 9.89 Å². The number of unbranched alkanes of at least 4 members (excludes halogenated alkanes) is 1. The maximum atomic E-state index is 11.6. The van der Waals surface area contributed by atoms with Gasteiger partial charge in [0.05, 0.1) is 6.61 Å². The number of ether oxygens (including phenoxy) is 1. The summed E-state index contributed by atoms with van der Waals surface area (Å²) in [6.07, 6.45) is 3.44. The first kappa shape index (κ1) is 23.8. The molecule has 0 saturated carbocycles. The van der Waals surface area contributed by atoms with E-state index in [-0.39, 0.29) is 11.0 Å². The normalized spacial score (nSPS) is 11.7. The molecule has 2 heterocycles. The molecule has 178 valence electrons. The monoisotopic (exact) mass is 479 g/mol. The van der Waals surface area contributed by atoms with Gasteiger partial charge in [-0.05, 0) is 66.6 Å². The average molecular weight is 480 g/mol. The van der Waals surface area contributed by atoms with Crippen molar-refractivity contribution in [3.05, 3.63) is 75.3 Å². The third-order valence-electron chi connectivity index (χ3n) is 5.66. The van der Waals surface area contributed by atoms with Crippen LogP contribution >= 0.6 is 11.6 Å². The second-order valence-corrected chi connectivity index (χ2v) is 9.84. The average Bonchev–Trinajstić information content (AvgIpc) is 3.17. The van der Waals surface area contributed by atoms with Crippen LogP contribution in [0.25, 0.3) is 17.0 Å². The Hall–Kier alpha value is -3.32. The van der Waals surface area contributed by atoms with E-state index >= 15 is 0 Å². The first-order valence-corrected chi connectivity index (χ1v) is 11.8. The van der Waals surface area contributed by atoms with Crippen LogP contribution in [0, 0.1) is 6.92 Å². The van der Waals surface area contributed by atoms with Crippen molar-refractivity contribution in [1.82, 2.24) is 19.6 Å². The van der Waals surface area contributed by atoms with E-state index in [1.54, 1.807) is 6.33 Å². The zero-order valence-corrected chi connectivity index (χ0v) is 20.7. The van der Waals surface area contributed by atoms with Crippen LogP contribution in [0.1, 0.15) is 44.7 Å². The Morgan fingerprint density at radius 2 is 1.94 bits per heavy atom. The third-order valence-corrected chi connectivity index (χ3v) is 6.09. The second kappa shape index (κ2) is 9.89. The van der Waals surface area contributed by atoms with Gasteiger partial charge in [0.1, 0.15) is 12.1 Å². The Bertz CT molecular complexity index is 1350. The van der Waals surface area contributed by atoms with E-state index < -0.39 is 0 Å². The minimum atomic E-state index is -0.205. The third kappa shape index (κ3) is 5.59. The predicted octanol–water partition coefficient (Wildman–Crippen LogP) is 5.62. The maximum absolute atomic E-state index is 11.6. The highest BCUT2D eigenvalue weighted by Gasteiger charge is 2.17. The van der Waals surface area contributed by atoms with Crippen molar-refractivity contribution in [2.24, 2.45) is 0 Å². The van der Waals surface area contributed by atoms with E-state index in [9.17, 15) is 4.79 Å². The molecular weight excluding hydrogens is 450 g/mol. The fourth-order valence-corrected chi connectivity index (χ4v) is 3.77. The van der Waals surface area contributed by atoms with Gasteiger partial charge < -0.3 is 10.1 Å². The number of fused-ring (bicyclic) bond motifs is 1. The Morgan fingerprint density at radius 1 is 1.12 bits per heavy atom. The van der Waals surface area contributed by atoms with Crippen molar-refractivity contribution in [3.8, 4) is 17.1 Å². The molecule has 2 N–H and O–H groups in total. The van der Waals surface area contributed by atoms with Gasteiger partial charge in [-0.25, -0.2) is 14.5 Å². The lowest BCUT2D eigenvalue weighted by Crippen LogP contribution is -2.13. The highest BCUT2D eigenvalue weighted by Crippen LogP contribution is 2.32. The van der Waals surface area contributed by atoms with E-state index in [0.717, 1.165) is 47.0 Å². The Morgan fingerprint density at radius 3 is 2.71 bits per heavy atom. The Labute approximate surface area is 204 Å². The van der Waals surface area contributed by atoms with Gasteiger partial charge in [-0.1, -0.05) is 38.4 Å². The quantitative estimate of drug-likeness (QED) is 0.320. The zero-order chi connectivity index (χ0) is 24.3. The molecule has 0 aliphatic rings. The molecule has 4 rings (SSSR count). The van der Waals surface area contributed by atoms with Gasteiger partial charge in [0, 0.05) is 28.9 Å². The second-order valence-electron chi connectivity index (χ2n) is 9.43. The molecule has 2 aromatic heterocycles. The van der Waals surface area contributed by atoms with Gasteiger partial charge in [0.25, 0.3) is 5.56 Å². The number of nitrogens with zero attached hydrogens (tertiary/aromatic N) is 3. The summed E-state index contributed by atoms with van der Waals surface area (Å²) in [4.78, 5) is 20.7. The highest BCUT2D eigenvalue weighted by molar-refractivity contribution is 6.31. The number of aromatic amines is 1. The summed E-state index contributed by atoms with van der Waals surface area (Å²) >= 11 is 6.08. The molecule has 4 aromatic rings. The summed E-state index contributed by atoms with van der Waals surface area (Å²) in [6, 6.07) is 13.5. The molecule has 34 heavy (non-hydrogen) atoms. The Kier molecular flexibility index (Phi) is 6.93. The minimum absolute atomic E-state index is 0.0122. The van der Waals surface area contributed by atoms with E-state index in [0.29, 0.717) is 18.1 Å². The number of hydrogen-bond donors (Lipinski definition) is 2. The largest absolute Gasteiger partial charge is 0.494 e. The summed E-state index contributed by atoms with van der Waals surface area (Å²) in [5.41, 5.74) is 4.45. The number of aryl methyl sites for hydroxylation is 1. The summed E-state index contributed by atoms with van der Waals surface area (Å²) in [5.74, 6) is 1.41. The van der Waals surface area contributed by atoms with Gasteiger partial charge in [-0.2, -0.15) is 0 Å². The molecule has 0 bridgehead atoms. The van der Waals surface area contributed by atoms with E-state index in [1.165, 1.54) is 16.1 Å². The number of hydrogen-bond acceptors (Lipinski definition) is 5. The van der Waals surface area contributed by atoms with E-state index in [4.69, 9.17) is 16.3 Å². The molecule has 0 amide bonds. The smallest absolute Gasteiger partial charge is 0.266 e. The van der Waals surface area contributed by atoms with E-state index in [2.05, 4.69) is 53.3 Å². The van der Waals surface area contributed by atoms with Gasteiger partial charge >= 0.3 is 0 Å². The van der Waals surface area contributed by atoms with Crippen molar-refractivity contribution >= 4 is 22.9 Å². The number of benzene rings is 2. The molecule has 8 heteroatoms. The van der Waals surface area contributed by atoms with Crippen LogP contribution in [-0.2, 0) is 5.41 Å². The molecule has 0 aliphatic carbocycles. The lowest BCUT2D eigenvalue weighted by atomic mass is 9.86. The summed E-state index contributed by atoms with van der Waals surface area (Å²) in [6.45, 7) is 9.97. The van der Waals surface area contributed by atoms with Crippen LogP contribution in [0.4, 0.5) is 5.69 Å². The van der Waals surface area contributed by atoms with Crippen molar-refractivity contribution in [1.29, 1.82) is 0 Å². The van der Waals surface area contributed by atoms with E-state index in [1.807, 2.05) is 31.2 Å². The maximum Gasteiger partial charge on any atom is 0.266 e.